The molecule has 0 aliphatic rings. The molecule has 0 aliphatic heterocycles. The van der Waals surface area contributed by atoms with E-state index in [9.17, 15) is 13.6 Å². The largest absolute Gasteiger partial charge is 0.435 e. The molecule has 0 fully saturated rings. The van der Waals surface area contributed by atoms with Gasteiger partial charge in [0.15, 0.2) is 0 Å². The first-order chi connectivity index (χ1) is 12.6. The molecule has 0 spiro atoms. The third-order valence-corrected chi connectivity index (χ3v) is 3.94. The number of benzene rings is 2. The second-order valence-corrected chi connectivity index (χ2v) is 5.91. The van der Waals surface area contributed by atoms with Crippen LogP contribution in [0.2, 0.25) is 0 Å². The molecule has 3 rings (SSSR count). The number of hydrogen-bond acceptors (Lipinski definition) is 6. The SMILES string of the molecule is O=C(CSc1nnc(-c2ccccc2)o1)Nc1ccc(OC(F)F)cc1. The summed E-state index contributed by atoms with van der Waals surface area (Å²) in [5.41, 5.74) is 1.26. The molecular formula is C17H13F2N3O3S. The van der Waals surface area contributed by atoms with Crippen molar-refractivity contribution in [2.75, 3.05) is 11.1 Å². The van der Waals surface area contributed by atoms with Crippen molar-refractivity contribution in [3.05, 3.63) is 54.6 Å². The number of nitrogens with zero attached hydrogens (tertiary/aromatic N) is 2. The second-order valence-electron chi connectivity index (χ2n) is 4.98. The highest BCUT2D eigenvalue weighted by molar-refractivity contribution is 7.99. The number of rotatable bonds is 7. The van der Waals surface area contributed by atoms with Gasteiger partial charge in [0.05, 0.1) is 5.75 Å². The topological polar surface area (TPSA) is 77.2 Å². The average molecular weight is 377 g/mol. The lowest BCUT2D eigenvalue weighted by Crippen LogP contribution is -2.14. The first-order valence-electron chi connectivity index (χ1n) is 7.46. The van der Waals surface area contributed by atoms with Crippen molar-refractivity contribution in [1.82, 2.24) is 10.2 Å². The van der Waals surface area contributed by atoms with Crippen molar-refractivity contribution in [2.24, 2.45) is 0 Å². The summed E-state index contributed by atoms with van der Waals surface area (Å²) >= 11 is 1.10. The minimum absolute atomic E-state index is 0.0201. The van der Waals surface area contributed by atoms with E-state index < -0.39 is 6.61 Å². The Morgan fingerprint density at radius 3 is 2.54 bits per heavy atom. The maximum atomic E-state index is 12.1. The highest BCUT2D eigenvalue weighted by Gasteiger charge is 2.11. The molecule has 0 radical (unpaired) electrons. The molecule has 0 saturated heterocycles. The molecule has 9 heteroatoms. The minimum Gasteiger partial charge on any atom is -0.435 e. The Balaban J connectivity index is 1.50. The van der Waals surface area contributed by atoms with Crippen LogP contribution in [-0.2, 0) is 4.79 Å². The molecule has 0 bridgehead atoms. The van der Waals surface area contributed by atoms with E-state index in [1.165, 1.54) is 24.3 Å². The van der Waals surface area contributed by atoms with E-state index in [1.54, 1.807) is 0 Å². The number of halogens is 2. The number of carbonyl (C=O) groups is 1. The fourth-order valence-corrected chi connectivity index (χ4v) is 2.57. The smallest absolute Gasteiger partial charge is 0.387 e. The van der Waals surface area contributed by atoms with Crippen molar-refractivity contribution in [1.29, 1.82) is 0 Å². The van der Waals surface area contributed by atoms with Crippen molar-refractivity contribution in [2.45, 2.75) is 11.8 Å². The number of anilines is 1. The van der Waals surface area contributed by atoms with Gasteiger partial charge in [-0.1, -0.05) is 30.0 Å². The molecule has 6 nitrogen and oxygen atoms in total. The summed E-state index contributed by atoms with van der Waals surface area (Å²) in [6.07, 6.45) is 0. The lowest BCUT2D eigenvalue weighted by atomic mass is 10.2. The van der Waals surface area contributed by atoms with Crippen LogP contribution in [-0.4, -0.2) is 28.5 Å². The second kappa shape index (κ2) is 8.43. The van der Waals surface area contributed by atoms with Gasteiger partial charge in [0.1, 0.15) is 5.75 Å². The summed E-state index contributed by atoms with van der Waals surface area (Å²) in [5.74, 6) is 0.165. The summed E-state index contributed by atoms with van der Waals surface area (Å²) in [6.45, 7) is -2.89. The highest BCUT2D eigenvalue weighted by atomic mass is 32.2. The quantitative estimate of drug-likeness (QED) is 0.626. The van der Waals surface area contributed by atoms with Gasteiger partial charge in [0.2, 0.25) is 11.8 Å². The van der Waals surface area contributed by atoms with Crippen LogP contribution in [0.4, 0.5) is 14.5 Å². The zero-order valence-electron chi connectivity index (χ0n) is 13.3. The zero-order valence-corrected chi connectivity index (χ0v) is 14.1. The Morgan fingerprint density at radius 2 is 1.85 bits per heavy atom. The average Bonchev–Trinajstić information content (AvgIpc) is 3.11. The van der Waals surface area contributed by atoms with Gasteiger partial charge in [0.25, 0.3) is 5.22 Å². The number of thioether (sulfide) groups is 1. The highest BCUT2D eigenvalue weighted by Crippen LogP contribution is 2.23. The first kappa shape index (κ1) is 17.9. The number of amides is 1. The number of alkyl halides is 2. The summed E-state index contributed by atoms with van der Waals surface area (Å²) in [4.78, 5) is 12.0. The zero-order chi connectivity index (χ0) is 18.4. The molecule has 1 aromatic heterocycles. The van der Waals surface area contributed by atoms with Crippen LogP contribution in [0, 0.1) is 0 Å². The lowest BCUT2D eigenvalue weighted by molar-refractivity contribution is -0.113. The Hall–Kier alpha value is -2.94. The molecule has 0 atom stereocenters. The minimum atomic E-state index is -2.89. The van der Waals surface area contributed by atoms with E-state index >= 15 is 0 Å². The summed E-state index contributed by atoms with van der Waals surface area (Å²) in [5, 5.41) is 10.7. The Labute approximate surface area is 151 Å². The van der Waals surface area contributed by atoms with Gasteiger partial charge < -0.3 is 14.5 Å². The first-order valence-corrected chi connectivity index (χ1v) is 8.45. The van der Waals surface area contributed by atoms with Crippen molar-refractivity contribution >= 4 is 23.4 Å². The van der Waals surface area contributed by atoms with Crippen LogP contribution in [0.25, 0.3) is 11.5 Å². The molecule has 2 aromatic carbocycles. The fourth-order valence-electron chi connectivity index (χ4n) is 2.01. The van der Waals surface area contributed by atoms with Crippen LogP contribution in [0.3, 0.4) is 0 Å². The molecular weight excluding hydrogens is 364 g/mol. The van der Waals surface area contributed by atoms with E-state index in [-0.39, 0.29) is 22.6 Å². The number of hydrogen-bond donors (Lipinski definition) is 1. The molecule has 26 heavy (non-hydrogen) atoms. The molecule has 1 amide bonds. The van der Waals surface area contributed by atoms with Gasteiger partial charge in [-0.2, -0.15) is 8.78 Å². The van der Waals surface area contributed by atoms with Gasteiger partial charge >= 0.3 is 6.61 Å². The van der Waals surface area contributed by atoms with Crippen LogP contribution >= 0.6 is 11.8 Å². The molecule has 0 unspecified atom stereocenters. The van der Waals surface area contributed by atoms with E-state index in [0.717, 1.165) is 17.3 Å². The van der Waals surface area contributed by atoms with Gasteiger partial charge in [-0.15, -0.1) is 10.2 Å². The number of carbonyl (C=O) groups excluding carboxylic acids is 1. The van der Waals surface area contributed by atoms with Gasteiger partial charge in [-0.25, -0.2) is 0 Å². The lowest BCUT2D eigenvalue weighted by Gasteiger charge is -2.06. The number of nitrogens with one attached hydrogen (secondary N) is 1. The standard InChI is InChI=1S/C17H13F2N3O3S/c18-16(19)24-13-8-6-12(7-9-13)20-14(23)10-26-17-22-21-15(25-17)11-4-2-1-3-5-11/h1-9,16H,10H2,(H,20,23). The molecule has 0 saturated carbocycles. The van der Waals surface area contributed by atoms with E-state index in [4.69, 9.17) is 4.42 Å². The van der Waals surface area contributed by atoms with Gasteiger partial charge in [0, 0.05) is 11.3 Å². The fraction of sp³-hybridized carbons (Fsp3) is 0.118. The van der Waals surface area contributed by atoms with Crippen LogP contribution in [0.5, 0.6) is 5.75 Å². The number of aromatic nitrogens is 2. The van der Waals surface area contributed by atoms with E-state index in [0.29, 0.717) is 11.6 Å². The molecule has 1 heterocycles. The third kappa shape index (κ3) is 5.03. The molecule has 3 aromatic rings. The maximum absolute atomic E-state index is 12.1. The van der Waals surface area contributed by atoms with Crippen molar-refractivity contribution in [3.8, 4) is 17.2 Å². The predicted molar refractivity (Wildman–Crippen MR) is 92.2 cm³/mol. The van der Waals surface area contributed by atoms with E-state index in [2.05, 4.69) is 20.3 Å². The normalized spacial score (nSPS) is 10.7. The van der Waals surface area contributed by atoms with Crippen molar-refractivity contribution < 1.29 is 22.7 Å². The summed E-state index contributed by atoms with van der Waals surface area (Å²) in [6, 6.07) is 14.9. The van der Waals surface area contributed by atoms with Crippen LogP contribution in [0.1, 0.15) is 0 Å². The third-order valence-electron chi connectivity index (χ3n) is 3.12. The summed E-state index contributed by atoms with van der Waals surface area (Å²) < 4.78 is 33.9. The number of ether oxygens (including phenoxy) is 1. The molecule has 1 N–H and O–H groups in total. The van der Waals surface area contributed by atoms with Crippen LogP contribution < -0.4 is 10.1 Å². The van der Waals surface area contributed by atoms with Gasteiger partial charge in [-0.05, 0) is 36.4 Å². The molecule has 134 valence electrons. The van der Waals surface area contributed by atoms with Crippen molar-refractivity contribution in [3.63, 3.8) is 0 Å². The Kier molecular flexibility index (Phi) is 5.80. The Morgan fingerprint density at radius 1 is 1.12 bits per heavy atom. The Bertz CT molecular complexity index is 857. The summed E-state index contributed by atoms with van der Waals surface area (Å²) in [7, 11) is 0. The van der Waals surface area contributed by atoms with Crippen LogP contribution in [0.15, 0.2) is 64.2 Å². The predicted octanol–water partition coefficient (Wildman–Crippen LogP) is 4.07. The van der Waals surface area contributed by atoms with Gasteiger partial charge in [-0.3, -0.25) is 4.79 Å². The monoisotopic (exact) mass is 377 g/mol. The van der Waals surface area contributed by atoms with E-state index in [1.807, 2.05) is 30.3 Å². The maximum Gasteiger partial charge on any atom is 0.387 e. The molecule has 0 aliphatic carbocycles.